The SMILES string of the molecule is CN=C(NCCCOCCOC)NCCc1ccccc1. The Balaban J connectivity index is 2.04. The monoisotopic (exact) mass is 293 g/mol. The van der Waals surface area contributed by atoms with Crippen LogP contribution in [-0.2, 0) is 15.9 Å². The average molecular weight is 293 g/mol. The van der Waals surface area contributed by atoms with E-state index in [1.165, 1.54) is 5.56 Å². The largest absolute Gasteiger partial charge is 0.382 e. The normalized spacial score (nSPS) is 11.4. The number of nitrogens with zero attached hydrogens (tertiary/aromatic N) is 1. The molecule has 0 amide bonds. The molecule has 0 radical (unpaired) electrons. The molecule has 5 nitrogen and oxygen atoms in total. The number of aliphatic imine (C=N–C) groups is 1. The van der Waals surface area contributed by atoms with Crippen LogP contribution in [0.3, 0.4) is 0 Å². The second-order valence-corrected chi connectivity index (χ2v) is 4.62. The van der Waals surface area contributed by atoms with Gasteiger partial charge in [0.1, 0.15) is 0 Å². The molecule has 0 saturated carbocycles. The van der Waals surface area contributed by atoms with Gasteiger partial charge >= 0.3 is 0 Å². The second kappa shape index (κ2) is 12.2. The molecule has 0 spiro atoms. The summed E-state index contributed by atoms with van der Waals surface area (Å²) >= 11 is 0. The molecule has 21 heavy (non-hydrogen) atoms. The quantitative estimate of drug-likeness (QED) is 0.389. The summed E-state index contributed by atoms with van der Waals surface area (Å²) in [4.78, 5) is 4.20. The molecule has 0 aliphatic heterocycles. The van der Waals surface area contributed by atoms with Gasteiger partial charge in [-0.1, -0.05) is 30.3 Å². The Labute approximate surface area is 127 Å². The van der Waals surface area contributed by atoms with Crippen molar-refractivity contribution < 1.29 is 9.47 Å². The minimum atomic E-state index is 0.649. The van der Waals surface area contributed by atoms with E-state index in [1.54, 1.807) is 14.2 Å². The number of benzene rings is 1. The lowest BCUT2D eigenvalue weighted by Gasteiger charge is -2.12. The maximum Gasteiger partial charge on any atom is 0.190 e. The Morgan fingerprint density at radius 2 is 1.81 bits per heavy atom. The first kappa shape index (κ1) is 17.5. The summed E-state index contributed by atoms with van der Waals surface area (Å²) in [5.74, 6) is 0.836. The predicted molar refractivity (Wildman–Crippen MR) is 86.8 cm³/mol. The fraction of sp³-hybridized carbons (Fsp3) is 0.562. The Morgan fingerprint density at radius 1 is 1.05 bits per heavy atom. The van der Waals surface area contributed by atoms with Crippen LogP contribution in [0.25, 0.3) is 0 Å². The van der Waals surface area contributed by atoms with Crippen LogP contribution in [0.5, 0.6) is 0 Å². The van der Waals surface area contributed by atoms with Gasteiger partial charge in [0.2, 0.25) is 0 Å². The maximum absolute atomic E-state index is 5.40. The van der Waals surface area contributed by atoms with Gasteiger partial charge in [0.05, 0.1) is 13.2 Å². The van der Waals surface area contributed by atoms with Gasteiger partial charge in [-0.05, 0) is 18.4 Å². The first-order valence-corrected chi connectivity index (χ1v) is 7.42. The van der Waals surface area contributed by atoms with Crippen molar-refractivity contribution in [1.29, 1.82) is 0 Å². The van der Waals surface area contributed by atoms with Crippen molar-refractivity contribution in [3.05, 3.63) is 35.9 Å². The lowest BCUT2D eigenvalue weighted by molar-refractivity contribution is 0.0698. The molecule has 1 aromatic carbocycles. The minimum absolute atomic E-state index is 0.649. The van der Waals surface area contributed by atoms with E-state index < -0.39 is 0 Å². The lowest BCUT2D eigenvalue weighted by Crippen LogP contribution is -2.39. The van der Waals surface area contributed by atoms with Gasteiger partial charge in [0.15, 0.2) is 5.96 Å². The summed E-state index contributed by atoms with van der Waals surface area (Å²) < 4.78 is 10.3. The summed E-state index contributed by atoms with van der Waals surface area (Å²) in [6.45, 7) is 3.75. The van der Waals surface area contributed by atoms with Gasteiger partial charge < -0.3 is 20.1 Å². The molecule has 0 aliphatic carbocycles. The van der Waals surface area contributed by atoms with Crippen molar-refractivity contribution in [3.8, 4) is 0 Å². The third kappa shape index (κ3) is 9.05. The van der Waals surface area contributed by atoms with Crippen LogP contribution in [0.4, 0.5) is 0 Å². The molecule has 0 unspecified atom stereocenters. The van der Waals surface area contributed by atoms with Gasteiger partial charge in [-0.2, -0.15) is 0 Å². The van der Waals surface area contributed by atoms with Gasteiger partial charge in [0, 0.05) is 33.9 Å². The number of methoxy groups -OCH3 is 1. The van der Waals surface area contributed by atoms with E-state index in [1.807, 2.05) is 6.07 Å². The van der Waals surface area contributed by atoms with Crippen LogP contribution in [0.1, 0.15) is 12.0 Å². The number of hydrogen-bond acceptors (Lipinski definition) is 3. The standard InChI is InChI=1S/C16H27N3O2/c1-17-16(18-10-6-12-21-14-13-20-2)19-11-9-15-7-4-3-5-8-15/h3-5,7-8H,6,9-14H2,1-2H3,(H2,17,18,19). The first-order valence-electron chi connectivity index (χ1n) is 7.42. The van der Waals surface area contributed by atoms with Crippen LogP contribution < -0.4 is 10.6 Å². The van der Waals surface area contributed by atoms with Crippen molar-refractivity contribution in [3.63, 3.8) is 0 Å². The van der Waals surface area contributed by atoms with Crippen LogP contribution in [0, 0.1) is 0 Å². The van der Waals surface area contributed by atoms with Gasteiger partial charge in [0.25, 0.3) is 0 Å². The number of guanidine groups is 1. The van der Waals surface area contributed by atoms with Crippen LogP contribution >= 0.6 is 0 Å². The van der Waals surface area contributed by atoms with E-state index in [0.29, 0.717) is 13.2 Å². The zero-order chi connectivity index (χ0) is 15.2. The highest BCUT2D eigenvalue weighted by Crippen LogP contribution is 1.97. The minimum Gasteiger partial charge on any atom is -0.382 e. The van der Waals surface area contributed by atoms with Crippen molar-refractivity contribution in [1.82, 2.24) is 10.6 Å². The molecule has 0 fully saturated rings. The highest BCUT2D eigenvalue weighted by atomic mass is 16.5. The summed E-state index contributed by atoms with van der Waals surface area (Å²) in [5.41, 5.74) is 1.33. The molecule has 0 aliphatic rings. The van der Waals surface area contributed by atoms with E-state index >= 15 is 0 Å². The van der Waals surface area contributed by atoms with Gasteiger partial charge in [-0.3, -0.25) is 4.99 Å². The molecule has 1 aromatic rings. The fourth-order valence-corrected chi connectivity index (χ4v) is 1.82. The van der Waals surface area contributed by atoms with Crippen molar-refractivity contribution in [2.24, 2.45) is 4.99 Å². The summed E-state index contributed by atoms with van der Waals surface area (Å²) in [7, 11) is 3.46. The van der Waals surface area contributed by atoms with Crippen molar-refractivity contribution in [2.45, 2.75) is 12.8 Å². The molecule has 0 heterocycles. The van der Waals surface area contributed by atoms with Crippen LogP contribution in [0.15, 0.2) is 35.3 Å². The average Bonchev–Trinajstić information content (AvgIpc) is 2.53. The maximum atomic E-state index is 5.40. The number of hydrogen-bond donors (Lipinski definition) is 2. The fourth-order valence-electron chi connectivity index (χ4n) is 1.82. The molecule has 0 bridgehead atoms. The highest BCUT2D eigenvalue weighted by molar-refractivity contribution is 5.79. The lowest BCUT2D eigenvalue weighted by atomic mass is 10.1. The van der Waals surface area contributed by atoms with Crippen molar-refractivity contribution >= 4 is 5.96 Å². The third-order valence-corrected chi connectivity index (χ3v) is 2.96. The van der Waals surface area contributed by atoms with Gasteiger partial charge in [-0.15, -0.1) is 0 Å². The molecule has 5 heteroatoms. The topological polar surface area (TPSA) is 54.9 Å². The smallest absolute Gasteiger partial charge is 0.190 e. The third-order valence-electron chi connectivity index (χ3n) is 2.96. The highest BCUT2D eigenvalue weighted by Gasteiger charge is 1.97. The zero-order valence-corrected chi connectivity index (χ0v) is 13.1. The Hall–Kier alpha value is -1.59. The van der Waals surface area contributed by atoms with E-state index in [-0.39, 0.29) is 0 Å². The number of ether oxygens (including phenoxy) is 2. The predicted octanol–water partition coefficient (Wildman–Crippen LogP) is 1.45. The zero-order valence-electron chi connectivity index (χ0n) is 13.1. The molecule has 2 N–H and O–H groups in total. The van der Waals surface area contributed by atoms with Crippen LogP contribution in [0.2, 0.25) is 0 Å². The molecular formula is C16H27N3O2. The van der Waals surface area contributed by atoms with Crippen LogP contribution in [-0.4, -0.2) is 53.0 Å². The Morgan fingerprint density at radius 3 is 2.52 bits per heavy atom. The molecular weight excluding hydrogens is 266 g/mol. The first-order chi connectivity index (χ1) is 10.4. The summed E-state index contributed by atoms with van der Waals surface area (Å²) in [6, 6.07) is 10.4. The molecule has 0 saturated heterocycles. The molecule has 1 rings (SSSR count). The molecule has 0 atom stereocenters. The summed E-state index contributed by atoms with van der Waals surface area (Å²) in [5, 5.41) is 6.58. The second-order valence-electron chi connectivity index (χ2n) is 4.62. The van der Waals surface area contributed by atoms with E-state index in [4.69, 9.17) is 9.47 Å². The Kier molecular flexibility index (Phi) is 10.1. The molecule has 118 valence electrons. The van der Waals surface area contributed by atoms with E-state index in [9.17, 15) is 0 Å². The van der Waals surface area contributed by atoms with E-state index in [2.05, 4.69) is 39.9 Å². The number of rotatable bonds is 10. The number of nitrogens with one attached hydrogen (secondary N) is 2. The Bertz CT molecular complexity index is 382. The van der Waals surface area contributed by atoms with Crippen molar-refractivity contribution in [2.75, 3.05) is 47.1 Å². The summed E-state index contributed by atoms with van der Waals surface area (Å²) in [6.07, 6.45) is 1.94. The van der Waals surface area contributed by atoms with Gasteiger partial charge in [-0.25, -0.2) is 0 Å². The molecule has 0 aromatic heterocycles. The van der Waals surface area contributed by atoms with E-state index in [0.717, 1.165) is 38.5 Å².